The first-order chi connectivity index (χ1) is 15.9. The fraction of sp³-hybridized carbons (Fsp3) is 0.320. The van der Waals surface area contributed by atoms with Gasteiger partial charge in [-0.3, -0.25) is 4.79 Å². The van der Waals surface area contributed by atoms with E-state index in [0.29, 0.717) is 22.0 Å². The lowest BCUT2D eigenvalue weighted by atomic mass is 10.0. The van der Waals surface area contributed by atoms with Gasteiger partial charge in [0.15, 0.2) is 0 Å². The maximum absolute atomic E-state index is 12.9. The highest BCUT2D eigenvalue weighted by Crippen LogP contribution is 2.29. The molecule has 1 fully saturated rings. The molecule has 4 rings (SSSR count). The van der Waals surface area contributed by atoms with E-state index in [1.165, 1.54) is 11.3 Å². The lowest BCUT2D eigenvalue weighted by Crippen LogP contribution is -2.35. The van der Waals surface area contributed by atoms with Crippen molar-refractivity contribution in [1.82, 2.24) is 10.3 Å². The molecule has 0 aliphatic carbocycles. The molecule has 0 spiro atoms. The van der Waals surface area contributed by atoms with Crippen LogP contribution in [0, 0.1) is 12.8 Å². The molecule has 172 valence electrons. The van der Waals surface area contributed by atoms with Crippen molar-refractivity contribution < 1.29 is 14.7 Å². The Balaban J connectivity index is 1.41. The number of aryl methyl sites for hydroxylation is 1. The van der Waals surface area contributed by atoms with E-state index in [9.17, 15) is 14.7 Å². The van der Waals surface area contributed by atoms with Crippen molar-refractivity contribution >= 4 is 40.5 Å². The number of carboxylic acid groups (broad SMARTS) is 1. The molecule has 33 heavy (non-hydrogen) atoms. The van der Waals surface area contributed by atoms with E-state index in [2.05, 4.69) is 15.2 Å². The number of nitrogens with one attached hydrogen (secondary N) is 1. The van der Waals surface area contributed by atoms with Crippen molar-refractivity contribution in [3.8, 4) is 10.6 Å². The molecule has 0 saturated carbocycles. The Labute approximate surface area is 202 Å². The van der Waals surface area contributed by atoms with Gasteiger partial charge in [-0.25, -0.2) is 9.78 Å². The van der Waals surface area contributed by atoms with E-state index in [1.54, 1.807) is 18.2 Å². The van der Waals surface area contributed by atoms with Crippen molar-refractivity contribution in [1.29, 1.82) is 0 Å². The van der Waals surface area contributed by atoms with Crippen LogP contribution < -0.4 is 10.2 Å². The Morgan fingerprint density at radius 3 is 2.76 bits per heavy atom. The van der Waals surface area contributed by atoms with Crippen LogP contribution >= 0.6 is 22.9 Å². The normalized spacial score (nSPS) is 16.3. The van der Waals surface area contributed by atoms with Crippen molar-refractivity contribution in [2.75, 3.05) is 24.5 Å². The minimum Gasteiger partial charge on any atom is -0.478 e. The molecule has 1 saturated heterocycles. The number of nitrogens with zero attached hydrogens (tertiary/aromatic N) is 2. The summed E-state index contributed by atoms with van der Waals surface area (Å²) in [5.41, 5.74) is 2.86. The molecule has 0 bridgehead atoms. The van der Waals surface area contributed by atoms with Gasteiger partial charge in [0.1, 0.15) is 9.88 Å². The van der Waals surface area contributed by atoms with Gasteiger partial charge in [-0.2, -0.15) is 0 Å². The highest BCUT2D eigenvalue weighted by Gasteiger charge is 2.22. The van der Waals surface area contributed by atoms with Crippen LogP contribution in [0.1, 0.15) is 45.0 Å². The number of benzene rings is 2. The van der Waals surface area contributed by atoms with Gasteiger partial charge in [0.05, 0.1) is 11.3 Å². The summed E-state index contributed by atoms with van der Waals surface area (Å²) in [7, 11) is 0. The van der Waals surface area contributed by atoms with E-state index < -0.39 is 5.97 Å². The summed E-state index contributed by atoms with van der Waals surface area (Å²) in [4.78, 5) is 31.7. The van der Waals surface area contributed by atoms with E-state index in [4.69, 9.17) is 11.6 Å². The first-order valence-corrected chi connectivity index (χ1v) is 12.2. The summed E-state index contributed by atoms with van der Waals surface area (Å²) >= 11 is 7.36. The van der Waals surface area contributed by atoms with Crippen molar-refractivity contribution in [3.63, 3.8) is 0 Å². The van der Waals surface area contributed by atoms with Gasteiger partial charge >= 0.3 is 5.97 Å². The molecule has 1 aromatic heterocycles. The second kappa shape index (κ2) is 10.4. The SMILES string of the molecule is Cc1nc(-c2ccc(Cl)cc2)sc1C(=O)NCC1CCCCN(c2cccc(C(=O)O)c2)C1. The smallest absolute Gasteiger partial charge is 0.335 e. The van der Waals surface area contributed by atoms with Gasteiger partial charge in [-0.15, -0.1) is 11.3 Å². The van der Waals surface area contributed by atoms with Crippen LogP contribution in [0.4, 0.5) is 5.69 Å². The van der Waals surface area contributed by atoms with Gasteiger partial charge in [0.25, 0.3) is 5.91 Å². The lowest BCUT2D eigenvalue weighted by Gasteiger charge is -2.27. The third-order valence-electron chi connectivity index (χ3n) is 5.87. The summed E-state index contributed by atoms with van der Waals surface area (Å²) in [6, 6.07) is 14.5. The van der Waals surface area contributed by atoms with Crippen LogP contribution in [0.3, 0.4) is 0 Å². The average Bonchev–Trinajstić information content (AvgIpc) is 3.04. The molecule has 0 radical (unpaired) electrons. The van der Waals surface area contributed by atoms with Crippen LogP contribution in [0.25, 0.3) is 10.6 Å². The van der Waals surface area contributed by atoms with E-state index >= 15 is 0 Å². The predicted octanol–water partition coefficient (Wildman–Crippen LogP) is 5.51. The molecule has 8 heteroatoms. The number of hydrogen-bond donors (Lipinski definition) is 2. The zero-order valence-electron chi connectivity index (χ0n) is 18.4. The number of thiazole rings is 1. The topological polar surface area (TPSA) is 82.5 Å². The quantitative estimate of drug-likeness (QED) is 0.483. The number of anilines is 1. The molecule has 2 heterocycles. The van der Waals surface area contributed by atoms with Gasteiger partial charge in [-0.1, -0.05) is 36.2 Å². The van der Waals surface area contributed by atoms with Crippen LogP contribution in [0.15, 0.2) is 48.5 Å². The zero-order valence-corrected chi connectivity index (χ0v) is 20.0. The van der Waals surface area contributed by atoms with Gasteiger partial charge in [-0.05, 0) is 56.0 Å². The Morgan fingerprint density at radius 1 is 1.21 bits per heavy atom. The molecular formula is C25H26ClN3O3S. The fourth-order valence-electron chi connectivity index (χ4n) is 4.11. The standard InChI is InChI=1S/C25H26ClN3O3S/c1-16-22(33-24(28-16)18-8-10-20(26)11-9-18)23(30)27-14-17-5-2-3-12-29(15-17)21-7-4-6-19(13-21)25(31)32/h4,6-11,13,17H,2-3,5,12,14-15H2,1H3,(H,27,30)(H,31,32). The summed E-state index contributed by atoms with van der Waals surface area (Å²) in [5.74, 6) is -0.740. The molecule has 1 aliphatic heterocycles. The molecular weight excluding hydrogens is 458 g/mol. The van der Waals surface area contributed by atoms with Crippen molar-refractivity contribution in [3.05, 3.63) is 69.7 Å². The second-order valence-corrected chi connectivity index (χ2v) is 9.75. The zero-order chi connectivity index (χ0) is 23.4. The highest BCUT2D eigenvalue weighted by atomic mass is 35.5. The average molecular weight is 484 g/mol. The summed E-state index contributed by atoms with van der Waals surface area (Å²) in [6.45, 7) is 4.09. The molecule has 1 amide bonds. The number of carbonyl (C=O) groups is 2. The minimum atomic E-state index is -0.923. The molecule has 1 aliphatic rings. The van der Waals surface area contributed by atoms with Crippen LogP contribution in [0.5, 0.6) is 0 Å². The number of amides is 1. The number of halogens is 1. The molecule has 3 aromatic rings. The molecule has 2 aromatic carbocycles. The van der Waals surface area contributed by atoms with Crippen molar-refractivity contribution in [2.24, 2.45) is 5.92 Å². The minimum absolute atomic E-state index is 0.103. The first kappa shape index (κ1) is 23.3. The number of carboxylic acids is 1. The lowest BCUT2D eigenvalue weighted by molar-refractivity contribution is 0.0696. The Bertz CT molecular complexity index is 1150. The molecule has 2 N–H and O–H groups in total. The first-order valence-electron chi connectivity index (χ1n) is 11.0. The van der Waals surface area contributed by atoms with Crippen molar-refractivity contribution in [2.45, 2.75) is 26.2 Å². The maximum Gasteiger partial charge on any atom is 0.335 e. The van der Waals surface area contributed by atoms with E-state index in [1.807, 2.05) is 37.3 Å². The highest BCUT2D eigenvalue weighted by molar-refractivity contribution is 7.17. The second-order valence-electron chi connectivity index (χ2n) is 8.31. The third kappa shape index (κ3) is 5.72. The van der Waals surface area contributed by atoms with E-state index in [0.717, 1.165) is 54.3 Å². The monoisotopic (exact) mass is 483 g/mol. The number of aromatic nitrogens is 1. The molecule has 1 atom stereocenters. The maximum atomic E-state index is 12.9. The van der Waals surface area contributed by atoms with Crippen LogP contribution in [-0.4, -0.2) is 41.6 Å². The molecule has 1 unspecified atom stereocenters. The van der Waals surface area contributed by atoms with Crippen LogP contribution in [0.2, 0.25) is 5.02 Å². The number of hydrogen-bond acceptors (Lipinski definition) is 5. The third-order valence-corrected chi connectivity index (χ3v) is 7.33. The Hall–Kier alpha value is -2.90. The van der Waals surface area contributed by atoms with Gasteiger partial charge < -0.3 is 15.3 Å². The Morgan fingerprint density at radius 2 is 2.00 bits per heavy atom. The largest absolute Gasteiger partial charge is 0.478 e. The molecule has 6 nitrogen and oxygen atoms in total. The number of rotatable bonds is 6. The Kier molecular flexibility index (Phi) is 7.30. The summed E-state index contributed by atoms with van der Waals surface area (Å²) < 4.78 is 0. The van der Waals surface area contributed by atoms with Crippen LogP contribution in [-0.2, 0) is 0 Å². The summed E-state index contributed by atoms with van der Waals surface area (Å²) in [6.07, 6.45) is 3.14. The number of carbonyl (C=O) groups excluding carboxylic acids is 1. The van der Waals surface area contributed by atoms with E-state index in [-0.39, 0.29) is 11.8 Å². The predicted molar refractivity (Wildman–Crippen MR) is 133 cm³/mol. The van der Waals surface area contributed by atoms with Gasteiger partial charge in [0.2, 0.25) is 0 Å². The summed E-state index contributed by atoms with van der Waals surface area (Å²) in [5, 5.41) is 13.9. The van der Waals surface area contributed by atoms with Gasteiger partial charge in [0, 0.05) is 35.9 Å². The fourth-order valence-corrected chi connectivity index (χ4v) is 5.22. The number of aromatic carboxylic acids is 1.